The normalized spacial score (nSPS) is 23.5. The molecule has 1 saturated carbocycles. The molecule has 9 heteroatoms. The van der Waals surface area contributed by atoms with Crippen molar-refractivity contribution in [2.24, 2.45) is 5.92 Å². The fourth-order valence-electron chi connectivity index (χ4n) is 7.07. The van der Waals surface area contributed by atoms with Crippen LogP contribution in [0.2, 0.25) is 0 Å². The molecule has 1 amide bonds. The minimum absolute atomic E-state index is 0.256. The summed E-state index contributed by atoms with van der Waals surface area (Å²) in [6, 6.07) is 12.4. The Hall–Kier alpha value is -2.65. The van der Waals surface area contributed by atoms with Crippen molar-refractivity contribution < 1.29 is 18.0 Å². The zero-order chi connectivity index (χ0) is 28.8. The van der Waals surface area contributed by atoms with E-state index in [9.17, 15) is 18.0 Å². The zero-order valence-electron chi connectivity index (χ0n) is 24.2. The van der Waals surface area contributed by atoms with Crippen LogP contribution in [0.3, 0.4) is 0 Å². The van der Waals surface area contributed by atoms with Gasteiger partial charge in [-0.25, -0.2) is 0 Å². The van der Waals surface area contributed by atoms with Crippen molar-refractivity contribution in [3.05, 3.63) is 59.9 Å². The van der Waals surface area contributed by atoms with E-state index in [1.54, 1.807) is 6.07 Å². The highest BCUT2D eigenvalue weighted by Gasteiger charge is 2.36. The van der Waals surface area contributed by atoms with E-state index in [2.05, 4.69) is 25.8 Å². The average Bonchev–Trinajstić information content (AvgIpc) is 3.00. The summed E-state index contributed by atoms with van der Waals surface area (Å²) >= 11 is 0. The highest BCUT2D eigenvalue weighted by molar-refractivity contribution is 5.76. The molecule has 0 N–H and O–H groups in total. The number of anilines is 1. The van der Waals surface area contributed by atoms with Crippen molar-refractivity contribution in [2.75, 3.05) is 51.2 Å². The molecule has 2 aliphatic heterocycles. The second-order valence-corrected chi connectivity index (χ2v) is 12.1. The molecule has 0 radical (unpaired) electrons. The first kappa shape index (κ1) is 29.8. The molecule has 1 aliphatic carbocycles. The van der Waals surface area contributed by atoms with Crippen LogP contribution < -0.4 is 4.90 Å². The lowest BCUT2D eigenvalue weighted by atomic mass is 9.86. The molecule has 2 atom stereocenters. The van der Waals surface area contributed by atoms with Gasteiger partial charge < -0.3 is 9.80 Å². The smallest absolute Gasteiger partial charge is 0.369 e. The van der Waals surface area contributed by atoms with Gasteiger partial charge in [-0.05, 0) is 61.9 Å². The first-order valence-corrected chi connectivity index (χ1v) is 15.3. The predicted octanol–water partition coefficient (Wildman–Crippen LogP) is 5.68. The Labute approximate surface area is 242 Å². The standard InChI is InChI=1S/C32H44F3N5O/c1-37(28-10-3-2-4-11-28)31(41)14-13-25-23-38(24-27-9-5-6-16-36-27)17-15-30(25)40-20-18-39(19-21-40)29-12-7-8-26(22-29)32(33,34)35/h5-9,12,16,22,25,28,30H,2-4,10-11,13-15,17-21,23-24H2,1H3/t25-,30+/m0/s1. The molecule has 1 aromatic carbocycles. The minimum Gasteiger partial charge on any atom is -0.369 e. The lowest BCUT2D eigenvalue weighted by Crippen LogP contribution is -2.56. The lowest BCUT2D eigenvalue weighted by Gasteiger charge is -2.47. The van der Waals surface area contributed by atoms with Crippen LogP contribution in [0.4, 0.5) is 18.9 Å². The topological polar surface area (TPSA) is 42.9 Å². The number of nitrogens with zero attached hydrogens (tertiary/aromatic N) is 5. The van der Waals surface area contributed by atoms with Gasteiger partial charge in [0.15, 0.2) is 0 Å². The van der Waals surface area contributed by atoms with Crippen LogP contribution in [-0.2, 0) is 17.5 Å². The van der Waals surface area contributed by atoms with E-state index in [4.69, 9.17) is 0 Å². The zero-order valence-corrected chi connectivity index (χ0v) is 24.2. The van der Waals surface area contributed by atoms with Gasteiger partial charge in [-0.1, -0.05) is 31.4 Å². The van der Waals surface area contributed by atoms with Crippen LogP contribution >= 0.6 is 0 Å². The first-order chi connectivity index (χ1) is 19.8. The third kappa shape index (κ3) is 7.80. The molecule has 0 unspecified atom stereocenters. The maximum atomic E-state index is 13.3. The number of aromatic nitrogens is 1. The fraction of sp³-hybridized carbons (Fsp3) is 0.625. The van der Waals surface area contributed by atoms with Crippen molar-refractivity contribution >= 4 is 11.6 Å². The molecule has 0 bridgehead atoms. The largest absolute Gasteiger partial charge is 0.416 e. The average molecular weight is 572 g/mol. The van der Waals surface area contributed by atoms with Crippen molar-refractivity contribution in [1.29, 1.82) is 0 Å². The van der Waals surface area contributed by atoms with Crippen molar-refractivity contribution in [3.8, 4) is 0 Å². The summed E-state index contributed by atoms with van der Waals surface area (Å²) in [6.45, 7) is 5.73. The van der Waals surface area contributed by atoms with E-state index < -0.39 is 11.7 Å². The number of alkyl halides is 3. The number of carbonyl (C=O) groups is 1. The predicted molar refractivity (Wildman–Crippen MR) is 156 cm³/mol. The highest BCUT2D eigenvalue weighted by atomic mass is 19.4. The van der Waals surface area contributed by atoms with Crippen LogP contribution in [-0.4, -0.2) is 84.0 Å². The quantitative estimate of drug-likeness (QED) is 0.408. The molecule has 5 rings (SSSR count). The Morgan fingerprint density at radius 1 is 0.976 bits per heavy atom. The van der Waals surface area contributed by atoms with E-state index in [0.29, 0.717) is 43.2 Å². The first-order valence-electron chi connectivity index (χ1n) is 15.3. The van der Waals surface area contributed by atoms with Gasteiger partial charge >= 0.3 is 6.18 Å². The second kappa shape index (κ2) is 13.6. The summed E-state index contributed by atoms with van der Waals surface area (Å²) in [5.74, 6) is 0.614. The van der Waals surface area contributed by atoms with Gasteiger partial charge in [0.25, 0.3) is 0 Å². The van der Waals surface area contributed by atoms with E-state index in [-0.39, 0.29) is 5.91 Å². The van der Waals surface area contributed by atoms with Gasteiger partial charge in [-0.3, -0.25) is 19.6 Å². The number of amides is 1. The number of halogens is 3. The summed E-state index contributed by atoms with van der Waals surface area (Å²) in [6.07, 6.45) is 5.86. The maximum Gasteiger partial charge on any atom is 0.416 e. The Morgan fingerprint density at radius 3 is 2.46 bits per heavy atom. The molecule has 41 heavy (non-hydrogen) atoms. The number of carbonyl (C=O) groups excluding carboxylic acids is 1. The van der Waals surface area contributed by atoms with Crippen LogP contribution in [0, 0.1) is 5.92 Å². The molecule has 3 aliphatic rings. The number of piperazine rings is 1. The SMILES string of the molecule is CN(C(=O)CC[C@H]1CN(Cc2ccccn2)CC[C@H]1N1CCN(c2cccc(C(F)(F)F)c2)CC1)C1CCCCC1. The molecule has 3 fully saturated rings. The van der Waals surface area contributed by atoms with E-state index in [1.165, 1.54) is 31.4 Å². The Balaban J connectivity index is 1.22. The molecular weight excluding hydrogens is 527 g/mol. The molecule has 1 aromatic heterocycles. The lowest BCUT2D eigenvalue weighted by molar-refractivity contribution is -0.137. The van der Waals surface area contributed by atoms with Gasteiger partial charge in [0, 0.05) is 83.2 Å². The van der Waals surface area contributed by atoms with Gasteiger partial charge in [-0.15, -0.1) is 0 Å². The van der Waals surface area contributed by atoms with Crippen LogP contribution in [0.1, 0.15) is 62.6 Å². The molecule has 224 valence electrons. The van der Waals surface area contributed by atoms with E-state index in [1.807, 2.05) is 30.3 Å². The summed E-state index contributed by atoms with van der Waals surface area (Å²) in [5, 5.41) is 0. The van der Waals surface area contributed by atoms with Crippen LogP contribution in [0.15, 0.2) is 48.7 Å². The molecule has 2 saturated heterocycles. The van der Waals surface area contributed by atoms with Crippen molar-refractivity contribution in [1.82, 2.24) is 19.7 Å². The molecule has 2 aromatic rings. The molecule has 6 nitrogen and oxygen atoms in total. The van der Waals surface area contributed by atoms with E-state index >= 15 is 0 Å². The van der Waals surface area contributed by atoms with Crippen LogP contribution in [0.5, 0.6) is 0 Å². The Bertz CT molecular complexity index is 1120. The number of benzene rings is 1. The van der Waals surface area contributed by atoms with Crippen molar-refractivity contribution in [3.63, 3.8) is 0 Å². The van der Waals surface area contributed by atoms with Crippen LogP contribution in [0.25, 0.3) is 0 Å². The number of pyridine rings is 1. The van der Waals surface area contributed by atoms with E-state index in [0.717, 1.165) is 70.2 Å². The Kier molecular flexibility index (Phi) is 9.86. The van der Waals surface area contributed by atoms with Crippen molar-refractivity contribution in [2.45, 2.75) is 76.2 Å². The summed E-state index contributed by atoms with van der Waals surface area (Å²) < 4.78 is 39.8. The third-order valence-electron chi connectivity index (χ3n) is 9.46. The monoisotopic (exact) mass is 571 g/mol. The molecule has 0 spiro atoms. The van der Waals surface area contributed by atoms with Gasteiger partial charge in [0.1, 0.15) is 0 Å². The second-order valence-electron chi connectivity index (χ2n) is 12.1. The maximum absolute atomic E-state index is 13.3. The number of rotatable bonds is 8. The number of hydrogen-bond acceptors (Lipinski definition) is 5. The van der Waals surface area contributed by atoms with Gasteiger partial charge in [0.05, 0.1) is 11.3 Å². The minimum atomic E-state index is -4.34. The summed E-state index contributed by atoms with van der Waals surface area (Å²) in [4.78, 5) is 26.8. The number of piperidine rings is 1. The molecular formula is C32H44F3N5O. The highest BCUT2D eigenvalue weighted by Crippen LogP contribution is 2.33. The number of likely N-dealkylation sites (tertiary alicyclic amines) is 1. The third-order valence-corrected chi connectivity index (χ3v) is 9.46. The summed E-state index contributed by atoms with van der Waals surface area (Å²) in [7, 11) is 1.98. The summed E-state index contributed by atoms with van der Waals surface area (Å²) in [5.41, 5.74) is 1.10. The molecule has 3 heterocycles. The number of hydrogen-bond donors (Lipinski definition) is 0. The Morgan fingerprint density at radius 2 is 1.76 bits per heavy atom. The van der Waals surface area contributed by atoms with Gasteiger partial charge in [-0.2, -0.15) is 13.2 Å². The fourth-order valence-corrected chi connectivity index (χ4v) is 7.07. The van der Waals surface area contributed by atoms with Gasteiger partial charge in [0.2, 0.25) is 5.91 Å².